The first kappa shape index (κ1) is 25.1. The predicted octanol–water partition coefficient (Wildman–Crippen LogP) is 7.46. The van der Waals surface area contributed by atoms with Crippen LogP contribution in [0, 0.1) is 11.8 Å². The molecule has 0 aromatic rings. The molecule has 0 bridgehead atoms. The van der Waals surface area contributed by atoms with Gasteiger partial charge in [-0.1, -0.05) is 65.0 Å². The van der Waals surface area contributed by atoms with Gasteiger partial charge in [0.1, 0.15) is 0 Å². The third-order valence-corrected chi connectivity index (χ3v) is 6.12. The molecule has 0 radical (unpaired) electrons. The van der Waals surface area contributed by atoms with Crippen LogP contribution in [-0.4, -0.2) is 11.9 Å². The third-order valence-electron chi connectivity index (χ3n) is 5.91. The molecule has 0 amide bonds. The van der Waals surface area contributed by atoms with Gasteiger partial charge in [0.05, 0.1) is 5.03 Å². The fourth-order valence-electron chi connectivity index (χ4n) is 3.79. The summed E-state index contributed by atoms with van der Waals surface area (Å²) in [6.07, 6.45) is 17.1. The van der Waals surface area contributed by atoms with E-state index in [1.54, 1.807) is 0 Å². The van der Waals surface area contributed by atoms with Crippen LogP contribution in [0.3, 0.4) is 0 Å². The number of nitrogens with one attached hydrogen (secondary N) is 2. The van der Waals surface area contributed by atoms with Gasteiger partial charge in [0.15, 0.2) is 0 Å². The van der Waals surface area contributed by atoms with Crippen molar-refractivity contribution in [3.63, 3.8) is 0 Å². The number of rotatable bonds is 12. The summed E-state index contributed by atoms with van der Waals surface area (Å²) in [7, 11) is 2.01. The lowest BCUT2D eigenvalue weighted by molar-refractivity contribution is 0.590. The highest BCUT2D eigenvalue weighted by Gasteiger charge is 2.25. The molecule has 1 atom stereocenters. The number of nitrogens with zero attached hydrogens (tertiary/aromatic N) is 1. The SMILES string of the molecule is C=C(NC(=C\CC)/C=C(\NC)C1CC1)C(C)/C(=C/N1C=C(Cl)C=C(CCC)C1=C)CC. The summed E-state index contributed by atoms with van der Waals surface area (Å²) in [6, 6.07) is 0. The van der Waals surface area contributed by atoms with Gasteiger partial charge in [-0.25, -0.2) is 0 Å². The Morgan fingerprint density at radius 3 is 2.58 bits per heavy atom. The van der Waals surface area contributed by atoms with Gasteiger partial charge >= 0.3 is 0 Å². The normalized spacial score (nSPS) is 19.1. The summed E-state index contributed by atoms with van der Waals surface area (Å²) in [4.78, 5) is 2.07. The van der Waals surface area contributed by atoms with Crippen molar-refractivity contribution in [3.8, 4) is 0 Å². The van der Waals surface area contributed by atoms with E-state index in [1.165, 1.54) is 29.7 Å². The summed E-state index contributed by atoms with van der Waals surface area (Å²) < 4.78 is 0. The summed E-state index contributed by atoms with van der Waals surface area (Å²) >= 11 is 6.40. The molecule has 1 heterocycles. The van der Waals surface area contributed by atoms with Gasteiger partial charge in [-0.2, -0.15) is 0 Å². The largest absolute Gasteiger partial charge is 0.391 e. The molecule has 0 aromatic heterocycles. The number of halogens is 1. The summed E-state index contributed by atoms with van der Waals surface area (Å²) in [5, 5.41) is 7.69. The van der Waals surface area contributed by atoms with Crippen molar-refractivity contribution in [2.24, 2.45) is 11.8 Å². The number of hydrogen-bond acceptors (Lipinski definition) is 3. The molecule has 0 spiro atoms. The number of allylic oxidation sites excluding steroid dienone is 7. The zero-order valence-electron chi connectivity index (χ0n) is 20.0. The Balaban J connectivity index is 2.17. The van der Waals surface area contributed by atoms with Crippen molar-refractivity contribution < 1.29 is 0 Å². The van der Waals surface area contributed by atoms with Crippen LogP contribution >= 0.6 is 11.6 Å². The van der Waals surface area contributed by atoms with E-state index in [-0.39, 0.29) is 5.92 Å². The van der Waals surface area contributed by atoms with Crippen molar-refractivity contribution in [2.45, 2.75) is 66.2 Å². The van der Waals surface area contributed by atoms with E-state index in [9.17, 15) is 0 Å². The first-order valence-electron chi connectivity index (χ1n) is 11.7. The molecule has 170 valence electrons. The molecular weight excluding hydrogens is 402 g/mol. The molecule has 1 aliphatic carbocycles. The second kappa shape index (κ2) is 12.0. The van der Waals surface area contributed by atoms with E-state index in [1.807, 2.05) is 19.3 Å². The van der Waals surface area contributed by atoms with Crippen LogP contribution in [0.15, 0.2) is 82.8 Å². The highest BCUT2D eigenvalue weighted by atomic mass is 35.5. The minimum Gasteiger partial charge on any atom is -0.391 e. The summed E-state index contributed by atoms with van der Waals surface area (Å²) in [6.45, 7) is 17.4. The van der Waals surface area contributed by atoms with E-state index in [4.69, 9.17) is 11.6 Å². The summed E-state index contributed by atoms with van der Waals surface area (Å²) in [5.74, 6) is 0.856. The molecule has 1 aliphatic heterocycles. The predicted molar refractivity (Wildman–Crippen MR) is 136 cm³/mol. The average molecular weight is 442 g/mol. The molecule has 0 aromatic carbocycles. The Bertz CT molecular complexity index is 821. The molecule has 4 heteroatoms. The molecule has 31 heavy (non-hydrogen) atoms. The standard InChI is InChI=1S/C27H40ClN3/c1-8-11-24-15-25(28)18-31(21(24)6)17-22(10-3)19(4)20(5)30-26(12-9-2)16-27(29-7)23-13-14-23/h12,15-19,23,29-30H,5-6,8-11,13-14H2,1-4,7H3/b22-17+,26-12-,27-16-. The second-order valence-corrected chi connectivity index (χ2v) is 8.85. The van der Waals surface area contributed by atoms with Gasteiger partial charge < -0.3 is 15.5 Å². The Morgan fingerprint density at radius 1 is 1.32 bits per heavy atom. The topological polar surface area (TPSA) is 27.3 Å². The smallest absolute Gasteiger partial charge is 0.0575 e. The fraction of sp³-hybridized carbons (Fsp3) is 0.481. The molecule has 1 fully saturated rings. The third kappa shape index (κ3) is 7.21. The van der Waals surface area contributed by atoms with Gasteiger partial charge in [0.25, 0.3) is 0 Å². The molecule has 2 rings (SSSR count). The van der Waals surface area contributed by atoms with Crippen LogP contribution in [0.25, 0.3) is 0 Å². The number of hydrogen-bond donors (Lipinski definition) is 2. The first-order chi connectivity index (χ1) is 14.8. The van der Waals surface area contributed by atoms with Crippen molar-refractivity contribution in [1.29, 1.82) is 0 Å². The van der Waals surface area contributed by atoms with Crippen LogP contribution < -0.4 is 10.6 Å². The molecule has 2 N–H and O–H groups in total. The quantitative estimate of drug-likeness (QED) is 0.307. The highest BCUT2D eigenvalue weighted by molar-refractivity contribution is 6.31. The maximum Gasteiger partial charge on any atom is 0.0575 e. The highest BCUT2D eigenvalue weighted by Crippen LogP contribution is 2.35. The van der Waals surface area contributed by atoms with Crippen LogP contribution in [-0.2, 0) is 0 Å². The van der Waals surface area contributed by atoms with Gasteiger partial charge in [-0.15, -0.1) is 0 Å². The molecule has 0 saturated heterocycles. The molecule has 1 unspecified atom stereocenters. The van der Waals surface area contributed by atoms with E-state index in [0.717, 1.165) is 47.8 Å². The van der Waals surface area contributed by atoms with Crippen LogP contribution in [0.5, 0.6) is 0 Å². The van der Waals surface area contributed by atoms with Gasteiger partial charge in [0, 0.05) is 48.2 Å². The van der Waals surface area contributed by atoms with E-state index in [0.29, 0.717) is 5.92 Å². The maximum atomic E-state index is 6.40. The Morgan fingerprint density at radius 2 is 2.03 bits per heavy atom. The minimum absolute atomic E-state index is 0.179. The maximum absolute atomic E-state index is 6.40. The van der Waals surface area contributed by atoms with Gasteiger partial charge in [0.2, 0.25) is 0 Å². The lowest BCUT2D eigenvalue weighted by Crippen LogP contribution is -2.21. The molecule has 3 nitrogen and oxygen atoms in total. The zero-order valence-corrected chi connectivity index (χ0v) is 20.8. The Kier molecular flexibility index (Phi) is 9.77. The van der Waals surface area contributed by atoms with Crippen LogP contribution in [0.4, 0.5) is 0 Å². The van der Waals surface area contributed by atoms with Gasteiger partial charge in [-0.05, 0) is 61.3 Å². The lowest BCUT2D eigenvalue weighted by Gasteiger charge is -2.28. The Labute approximate surface area is 195 Å². The molecular formula is C27H40ClN3. The van der Waals surface area contributed by atoms with Crippen molar-refractivity contribution >= 4 is 11.6 Å². The minimum atomic E-state index is 0.179. The monoisotopic (exact) mass is 441 g/mol. The van der Waals surface area contributed by atoms with Crippen molar-refractivity contribution in [2.75, 3.05) is 7.05 Å². The van der Waals surface area contributed by atoms with Crippen LogP contribution in [0.1, 0.15) is 66.2 Å². The first-order valence-corrected chi connectivity index (χ1v) is 12.0. The average Bonchev–Trinajstić information content (AvgIpc) is 3.58. The second-order valence-electron chi connectivity index (χ2n) is 8.41. The Hall–Kier alpha value is -2.13. The van der Waals surface area contributed by atoms with Crippen molar-refractivity contribution in [3.05, 3.63) is 82.8 Å². The van der Waals surface area contributed by atoms with Crippen molar-refractivity contribution in [1.82, 2.24) is 15.5 Å². The molecule has 1 saturated carbocycles. The zero-order chi connectivity index (χ0) is 23.0. The van der Waals surface area contributed by atoms with E-state index < -0.39 is 0 Å². The lowest BCUT2D eigenvalue weighted by atomic mass is 9.95. The summed E-state index contributed by atoms with van der Waals surface area (Å²) in [5.41, 5.74) is 6.90. The molecule has 2 aliphatic rings. The van der Waals surface area contributed by atoms with E-state index in [2.05, 4.69) is 74.7 Å². The van der Waals surface area contributed by atoms with Crippen LogP contribution in [0.2, 0.25) is 0 Å². The van der Waals surface area contributed by atoms with Gasteiger partial charge in [-0.3, -0.25) is 0 Å². The van der Waals surface area contributed by atoms with E-state index >= 15 is 0 Å². The fourth-order valence-corrected chi connectivity index (χ4v) is 4.03.